The summed E-state index contributed by atoms with van der Waals surface area (Å²) in [6, 6.07) is 9.82. The van der Waals surface area contributed by atoms with Crippen molar-refractivity contribution in [3.63, 3.8) is 0 Å². The van der Waals surface area contributed by atoms with Crippen LogP contribution in [0.4, 0.5) is 5.95 Å². The van der Waals surface area contributed by atoms with Crippen molar-refractivity contribution in [3.05, 3.63) is 47.3 Å². The van der Waals surface area contributed by atoms with Crippen LogP contribution >= 0.6 is 15.9 Å². The molecule has 0 bridgehead atoms. The lowest BCUT2D eigenvalue weighted by Gasteiger charge is -2.13. The predicted molar refractivity (Wildman–Crippen MR) is 123 cm³/mol. The molecular formula is C20H20BrN7O2S. The Morgan fingerprint density at radius 1 is 1.19 bits per heavy atom. The Morgan fingerprint density at radius 3 is 2.90 bits per heavy atom. The first-order valence-electron chi connectivity index (χ1n) is 9.90. The fraction of sp³-hybridized carbons (Fsp3) is 0.300. The lowest BCUT2D eigenvalue weighted by Crippen LogP contribution is -2.31. The largest absolute Gasteiger partial charge is 0.351 e. The van der Waals surface area contributed by atoms with E-state index in [-0.39, 0.29) is 6.04 Å². The highest BCUT2D eigenvalue weighted by Gasteiger charge is 2.33. The summed E-state index contributed by atoms with van der Waals surface area (Å²) in [5, 5.41) is 9.29. The van der Waals surface area contributed by atoms with E-state index >= 15 is 0 Å². The second-order valence-electron chi connectivity index (χ2n) is 7.54. The molecule has 1 aromatic carbocycles. The minimum Gasteiger partial charge on any atom is -0.351 e. The molecular weight excluding hydrogens is 482 g/mol. The third-order valence-corrected chi connectivity index (χ3v) is 8.11. The summed E-state index contributed by atoms with van der Waals surface area (Å²) in [4.78, 5) is 13.5. The Hall–Kier alpha value is -2.63. The van der Waals surface area contributed by atoms with Crippen LogP contribution in [0, 0.1) is 0 Å². The summed E-state index contributed by atoms with van der Waals surface area (Å²) in [7, 11) is -1.82. The van der Waals surface area contributed by atoms with Crippen LogP contribution in [-0.4, -0.2) is 51.5 Å². The molecule has 3 aromatic heterocycles. The van der Waals surface area contributed by atoms with Crippen molar-refractivity contribution in [3.8, 4) is 5.69 Å². The SMILES string of the molecule is CNS(=O)(=O)[C@@H]1CC[C@@H](Nc2ncc3c(Br)nn(-c4ccc5ncccc5c4)c3n2)C1. The topological polar surface area (TPSA) is 115 Å². The summed E-state index contributed by atoms with van der Waals surface area (Å²) < 4.78 is 29.0. The van der Waals surface area contributed by atoms with Gasteiger partial charge in [0.1, 0.15) is 4.60 Å². The van der Waals surface area contributed by atoms with Crippen LogP contribution in [0.5, 0.6) is 0 Å². The fourth-order valence-corrected chi connectivity index (χ4v) is 5.72. The fourth-order valence-electron chi connectivity index (χ4n) is 4.02. The first kappa shape index (κ1) is 20.3. The number of aromatic nitrogens is 5. The molecule has 160 valence electrons. The molecule has 0 saturated heterocycles. The molecule has 31 heavy (non-hydrogen) atoms. The average Bonchev–Trinajstić information content (AvgIpc) is 3.38. The summed E-state index contributed by atoms with van der Waals surface area (Å²) in [5.74, 6) is 0.455. The van der Waals surface area contributed by atoms with Crippen LogP contribution < -0.4 is 10.0 Å². The minimum absolute atomic E-state index is 0.00266. The van der Waals surface area contributed by atoms with Gasteiger partial charge in [0.2, 0.25) is 16.0 Å². The van der Waals surface area contributed by atoms with E-state index in [1.54, 1.807) is 17.1 Å². The lowest BCUT2D eigenvalue weighted by atomic mass is 10.2. The normalized spacial score (nSPS) is 19.3. The second kappa shape index (κ2) is 7.81. The van der Waals surface area contributed by atoms with Gasteiger partial charge in [0.15, 0.2) is 5.65 Å². The Kier molecular flexibility index (Phi) is 5.11. The maximum absolute atomic E-state index is 12.1. The van der Waals surface area contributed by atoms with Crippen LogP contribution in [0.3, 0.4) is 0 Å². The molecule has 0 radical (unpaired) electrons. The van der Waals surface area contributed by atoms with Gasteiger partial charge in [0, 0.05) is 23.8 Å². The number of benzene rings is 1. The van der Waals surface area contributed by atoms with Gasteiger partial charge in [-0.05, 0) is 66.5 Å². The summed E-state index contributed by atoms with van der Waals surface area (Å²) >= 11 is 3.50. The molecule has 0 aliphatic heterocycles. The first-order valence-corrected chi connectivity index (χ1v) is 12.2. The maximum atomic E-state index is 12.1. The zero-order valence-electron chi connectivity index (χ0n) is 16.7. The molecule has 2 N–H and O–H groups in total. The van der Waals surface area contributed by atoms with Crippen molar-refractivity contribution >= 4 is 53.8 Å². The van der Waals surface area contributed by atoms with Crippen molar-refractivity contribution in [2.75, 3.05) is 12.4 Å². The van der Waals surface area contributed by atoms with E-state index in [1.807, 2.05) is 30.3 Å². The molecule has 3 heterocycles. The Balaban J connectivity index is 1.47. The van der Waals surface area contributed by atoms with Crippen LogP contribution in [-0.2, 0) is 10.0 Å². The van der Waals surface area contributed by atoms with Crippen LogP contribution in [0.15, 0.2) is 47.3 Å². The number of hydrogen-bond donors (Lipinski definition) is 2. The molecule has 5 rings (SSSR count). The number of nitrogens with zero attached hydrogens (tertiary/aromatic N) is 5. The second-order valence-corrected chi connectivity index (χ2v) is 10.5. The van der Waals surface area contributed by atoms with E-state index in [9.17, 15) is 8.42 Å². The molecule has 0 unspecified atom stereocenters. The standard InChI is InChI=1S/C20H20BrN7O2S/c1-22-31(29,30)15-6-4-13(10-15)25-20-24-11-16-18(21)27-28(19(16)26-20)14-5-7-17-12(9-14)3-2-8-23-17/h2-3,5,7-9,11,13,15,22H,4,6,10H2,1H3,(H,24,25,26)/t13-,15-/m1/s1. The smallest absolute Gasteiger partial charge is 0.224 e. The van der Waals surface area contributed by atoms with Gasteiger partial charge in [0.25, 0.3) is 0 Å². The summed E-state index contributed by atoms with van der Waals surface area (Å²) in [5.41, 5.74) is 2.43. The highest BCUT2D eigenvalue weighted by Crippen LogP contribution is 2.29. The van der Waals surface area contributed by atoms with Crippen LogP contribution in [0.2, 0.25) is 0 Å². The summed E-state index contributed by atoms with van der Waals surface area (Å²) in [6.07, 6.45) is 5.36. The quantitative estimate of drug-likeness (QED) is 0.431. The number of rotatable bonds is 5. The van der Waals surface area contributed by atoms with E-state index in [0.29, 0.717) is 29.0 Å². The van der Waals surface area contributed by atoms with Gasteiger partial charge in [-0.15, -0.1) is 0 Å². The third kappa shape index (κ3) is 3.77. The average molecular weight is 502 g/mol. The van der Waals surface area contributed by atoms with E-state index in [1.165, 1.54) is 7.05 Å². The predicted octanol–water partition coefficient (Wildman–Crippen LogP) is 3.01. The number of hydrogen-bond acceptors (Lipinski definition) is 7. The van der Waals surface area contributed by atoms with Crippen molar-refractivity contribution < 1.29 is 8.42 Å². The Morgan fingerprint density at radius 2 is 2.06 bits per heavy atom. The monoisotopic (exact) mass is 501 g/mol. The van der Waals surface area contributed by atoms with Crippen molar-refractivity contribution in [2.24, 2.45) is 0 Å². The first-order chi connectivity index (χ1) is 14.9. The van der Waals surface area contributed by atoms with E-state index in [4.69, 9.17) is 4.98 Å². The van der Waals surface area contributed by atoms with Crippen LogP contribution in [0.1, 0.15) is 19.3 Å². The minimum atomic E-state index is -3.27. The highest BCUT2D eigenvalue weighted by atomic mass is 79.9. The summed E-state index contributed by atoms with van der Waals surface area (Å²) in [6.45, 7) is 0. The molecule has 4 aromatic rings. The van der Waals surface area contributed by atoms with Crippen molar-refractivity contribution in [1.82, 2.24) is 29.5 Å². The van der Waals surface area contributed by atoms with E-state index in [0.717, 1.165) is 28.4 Å². The van der Waals surface area contributed by atoms with Gasteiger partial charge >= 0.3 is 0 Å². The molecule has 1 aliphatic rings. The molecule has 9 nitrogen and oxygen atoms in total. The van der Waals surface area contributed by atoms with E-state index in [2.05, 4.69) is 41.0 Å². The number of nitrogens with one attached hydrogen (secondary N) is 2. The zero-order chi connectivity index (χ0) is 21.6. The van der Waals surface area contributed by atoms with Crippen molar-refractivity contribution in [2.45, 2.75) is 30.6 Å². The van der Waals surface area contributed by atoms with Gasteiger partial charge in [0.05, 0.1) is 21.8 Å². The maximum Gasteiger partial charge on any atom is 0.224 e. The van der Waals surface area contributed by atoms with Crippen molar-refractivity contribution in [1.29, 1.82) is 0 Å². The molecule has 1 fully saturated rings. The Labute approximate surface area is 187 Å². The molecule has 11 heteroatoms. The number of pyridine rings is 1. The van der Waals surface area contributed by atoms with Gasteiger partial charge in [-0.3, -0.25) is 4.98 Å². The van der Waals surface area contributed by atoms with Crippen LogP contribution in [0.25, 0.3) is 27.6 Å². The molecule has 0 spiro atoms. The third-order valence-electron chi connectivity index (χ3n) is 5.65. The lowest BCUT2D eigenvalue weighted by molar-refractivity contribution is 0.570. The number of anilines is 1. The zero-order valence-corrected chi connectivity index (χ0v) is 19.1. The number of fused-ring (bicyclic) bond motifs is 2. The molecule has 1 saturated carbocycles. The number of sulfonamides is 1. The van der Waals surface area contributed by atoms with Gasteiger partial charge in [-0.25, -0.2) is 22.8 Å². The molecule has 0 amide bonds. The highest BCUT2D eigenvalue weighted by molar-refractivity contribution is 9.10. The molecule has 2 atom stereocenters. The van der Waals surface area contributed by atoms with E-state index < -0.39 is 15.3 Å². The van der Waals surface area contributed by atoms with Gasteiger partial charge < -0.3 is 5.32 Å². The number of halogens is 1. The molecule has 1 aliphatic carbocycles. The van der Waals surface area contributed by atoms with Gasteiger partial charge in [-0.1, -0.05) is 6.07 Å². The Bertz CT molecular complexity index is 1390. The van der Waals surface area contributed by atoms with Gasteiger partial charge in [-0.2, -0.15) is 10.1 Å².